The number of anilines is 1. The Kier molecular flexibility index (Phi) is 9.65. The van der Waals surface area contributed by atoms with Crippen molar-refractivity contribution in [3.63, 3.8) is 0 Å². The maximum absolute atomic E-state index is 12.6. The summed E-state index contributed by atoms with van der Waals surface area (Å²) < 4.78 is 25.9. The Balaban J connectivity index is 0.000000246. The van der Waals surface area contributed by atoms with Crippen molar-refractivity contribution in [1.82, 2.24) is 19.8 Å². The molecule has 7 rings (SSSR count). The molecule has 0 amide bonds. The molecule has 1 aromatic heterocycles. The smallest absolute Gasteiger partial charge is 0.318 e. The van der Waals surface area contributed by atoms with Gasteiger partial charge in [-0.1, -0.05) is 41.9 Å². The number of hydrogen-bond donors (Lipinski definition) is 0. The molecule has 0 saturated carbocycles. The Morgan fingerprint density at radius 2 is 1.88 bits per heavy atom. The molecule has 4 aliphatic heterocycles. The fraction of sp³-hybridized carbons (Fsp3) is 0.677. The molecule has 220 valence electrons. The molecule has 5 heterocycles. The van der Waals surface area contributed by atoms with Crippen LogP contribution in [0, 0.1) is 0 Å². The van der Waals surface area contributed by atoms with Gasteiger partial charge in [0.25, 0.3) is 0 Å². The van der Waals surface area contributed by atoms with Crippen LogP contribution < -0.4 is 9.64 Å². The van der Waals surface area contributed by atoms with Gasteiger partial charge in [0.05, 0.1) is 25.0 Å². The Morgan fingerprint density at radius 1 is 1.07 bits per heavy atom. The van der Waals surface area contributed by atoms with Gasteiger partial charge in [-0.15, -0.1) is 0 Å². The summed E-state index contributed by atoms with van der Waals surface area (Å²) in [6, 6.07) is 7.54. The fourth-order valence-electron chi connectivity index (χ4n) is 6.98. The third-order valence-corrected chi connectivity index (χ3v) is 9.80. The highest BCUT2D eigenvalue weighted by Gasteiger charge is 2.43. The maximum Gasteiger partial charge on any atom is 0.318 e. The summed E-state index contributed by atoms with van der Waals surface area (Å²) in [5, 5.41) is 0. The number of fused-ring (bicyclic) bond motifs is 4. The van der Waals surface area contributed by atoms with Crippen LogP contribution >= 0.6 is 15.9 Å². The first-order valence-corrected chi connectivity index (χ1v) is 15.9. The average Bonchev–Trinajstić information content (AvgIpc) is 3.56. The van der Waals surface area contributed by atoms with E-state index in [1.807, 2.05) is 13.8 Å². The number of ether oxygens (including phenoxy) is 2. The molecule has 0 N–H and O–H groups in total. The normalized spacial score (nSPS) is 27.6. The second-order valence-electron chi connectivity index (χ2n) is 11.5. The van der Waals surface area contributed by atoms with E-state index in [4.69, 9.17) is 19.4 Å². The van der Waals surface area contributed by atoms with Crippen molar-refractivity contribution in [2.45, 2.75) is 83.2 Å². The van der Waals surface area contributed by atoms with Crippen LogP contribution in [0.3, 0.4) is 0 Å². The fourth-order valence-corrected chi connectivity index (χ4v) is 7.54. The highest BCUT2D eigenvalue weighted by atomic mass is 79.9. The summed E-state index contributed by atoms with van der Waals surface area (Å²) in [6.07, 6.45) is 6.82. The van der Waals surface area contributed by atoms with Gasteiger partial charge in [0, 0.05) is 55.2 Å². The van der Waals surface area contributed by atoms with Crippen LogP contribution in [0.5, 0.6) is 6.01 Å². The van der Waals surface area contributed by atoms with E-state index in [9.17, 15) is 4.39 Å². The number of benzene rings is 1. The van der Waals surface area contributed by atoms with Crippen molar-refractivity contribution in [3.8, 4) is 6.01 Å². The van der Waals surface area contributed by atoms with Crippen molar-refractivity contribution in [1.29, 1.82) is 0 Å². The molecule has 3 unspecified atom stereocenters. The zero-order chi connectivity index (χ0) is 28.3. The largest absolute Gasteiger partial charge is 0.467 e. The number of alkyl halides is 1. The third-order valence-electron chi connectivity index (χ3n) is 9.06. The summed E-state index contributed by atoms with van der Waals surface area (Å²) >= 11 is 3.74. The summed E-state index contributed by atoms with van der Waals surface area (Å²) in [6.45, 7) is 10.4. The minimum absolute atomic E-state index is 0.302. The van der Waals surface area contributed by atoms with Crippen LogP contribution in [0.2, 0.25) is 0 Å². The summed E-state index contributed by atoms with van der Waals surface area (Å²) in [5.74, 6) is 0.986. The number of likely N-dealkylation sites (N-methyl/N-ethyl adjacent to an activating group) is 1. The quantitative estimate of drug-likeness (QED) is 0.440. The lowest BCUT2D eigenvalue weighted by atomic mass is 9.75. The first kappa shape index (κ1) is 29.7. The van der Waals surface area contributed by atoms with Gasteiger partial charge in [0.15, 0.2) is 0 Å². The molecule has 9 heteroatoms. The van der Waals surface area contributed by atoms with Crippen LogP contribution in [-0.2, 0) is 29.8 Å². The minimum atomic E-state index is -0.518. The van der Waals surface area contributed by atoms with E-state index in [2.05, 4.69) is 55.9 Å². The summed E-state index contributed by atoms with van der Waals surface area (Å²) in [4.78, 5) is 16.5. The predicted molar refractivity (Wildman–Crippen MR) is 161 cm³/mol. The first-order chi connectivity index (χ1) is 19.5. The highest BCUT2D eigenvalue weighted by Crippen LogP contribution is 2.47. The Hall–Kier alpha value is -1.81. The predicted octanol–water partition coefficient (Wildman–Crippen LogP) is 5.52. The molecule has 0 radical (unpaired) electrons. The number of methoxy groups -OCH3 is 1. The molecule has 40 heavy (non-hydrogen) atoms. The Labute approximate surface area is 247 Å². The van der Waals surface area contributed by atoms with E-state index in [-0.39, 0.29) is 5.60 Å². The van der Waals surface area contributed by atoms with E-state index < -0.39 is 6.17 Å². The van der Waals surface area contributed by atoms with Gasteiger partial charge in [0.1, 0.15) is 12.0 Å². The molecule has 3 fully saturated rings. The van der Waals surface area contributed by atoms with Crippen molar-refractivity contribution < 1.29 is 13.9 Å². The van der Waals surface area contributed by atoms with E-state index in [0.29, 0.717) is 25.2 Å². The van der Waals surface area contributed by atoms with Gasteiger partial charge >= 0.3 is 6.01 Å². The number of halogens is 2. The van der Waals surface area contributed by atoms with Crippen LogP contribution in [0.4, 0.5) is 10.2 Å². The monoisotopic (exact) mass is 617 g/mol. The lowest BCUT2D eigenvalue weighted by Gasteiger charge is -2.43. The lowest BCUT2D eigenvalue weighted by molar-refractivity contribution is -0.0856. The number of aromatic nitrogens is 2. The molecule has 3 saturated heterocycles. The molecule has 1 aromatic carbocycles. The number of rotatable bonds is 2. The van der Waals surface area contributed by atoms with E-state index in [1.54, 1.807) is 7.11 Å². The topological polar surface area (TPSA) is 54.0 Å². The third kappa shape index (κ3) is 6.03. The number of nitrogens with zero attached hydrogens (tertiary/aromatic N) is 5. The Bertz CT molecular complexity index is 1150. The van der Waals surface area contributed by atoms with Crippen molar-refractivity contribution in [3.05, 3.63) is 45.1 Å². The van der Waals surface area contributed by atoms with E-state index in [1.165, 1.54) is 28.4 Å². The zero-order valence-electron chi connectivity index (χ0n) is 24.6. The molecular weight excluding hydrogens is 573 g/mol. The number of piperazine rings is 1. The van der Waals surface area contributed by atoms with Crippen LogP contribution in [0.1, 0.15) is 68.3 Å². The molecule has 3 atom stereocenters. The SMILES string of the molecule is CC.COc1nc2c(c(N3CCN(C)CC3)n1)COC1(CCCc3c(Br)cccc31)C2.FC1CC2CCCN2C1. The standard InChI is InChI=1S/C22H27BrN4O2.C7H12FN.C2H6/c1-26-9-11-27(12-10-26)20-16-14-29-22(13-19(16)24-21(25-20)28-2)8-4-5-15-17(22)6-3-7-18(15)23;8-6-4-7-2-1-3-9(7)5-6;1-2/h3,6-7H,4-5,8-14H2,1-2H3;6-7H,1-5H2;1-2H3. The molecule has 2 aromatic rings. The van der Waals surface area contributed by atoms with Crippen molar-refractivity contribution >= 4 is 21.7 Å². The van der Waals surface area contributed by atoms with Gasteiger partial charge in [-0.2, -0.15) is 9.97 Å². The number of hydrogen-bond acceptors (Lipinski definition) is 7. The second-order valence-corrected chi connectivity index (χ2v) is 12.3. The molecule has 1 spiro atoms. The first-order valence-electron chi connectivity index (χ1n) is 15.1. The molecule has 5 aliphatic rings. The van der Waals surface area contributed by atoms with E-state index in [0.717, 1.165) is 81.9 Å². The highest BCUT2D eigenvalue weighted by molar-refractivity contribution is 9.10. The molecule has 0 bridgehead atoms. The Morgan fingerprint density at radius 3 is 2.62 bits per heavy atom. The average molecular weight is 619 g/mol. The van der Waals surface area contributed by atoms with Gasteiger partial charge in [-0.25, -0.2) is 4.39 Å². The molecule has 7 nitrogen and oxygen atoms in total. The van der Waals surface area contributed by atoms with Crippen molar-refractivity contribution in [2.24, 2.45) is 0 Å². The van der Waals surface area contributed by atoms with Gasteiger partial charge < -0.3 is 19.3 Å². The summed E-state index contributed by atoms with van der Waals surface area (Å²) in [5.41, 5.74) is 4.58. The second kappa shape index (κ2) is 13.0. The van der Waals surface area contributed by atoms with Crippen LogP contribution in [0.25, 0.3) is 0 Å². The molecule has 1 aliphatic carbocycles. The van der Waals surface area contributed by atoms with Crippen LogP contribution in [-0.4, -0.2) is 85.4 Å². The van der Waals surface area contributed by atoms with E-state index >= 15 is 0 Å². The minimum Gasteiger partial charge on any atom is -0.467 e. The van der Waals surface area contributed by atoms with Gasteiger partial charge in [0.2, 0.25) is 0 Å². The van der Waals surface area contributed by atoms with Gasteiger partial charge in [-0.05, 0) is 69.3 Å². The van der Waals surface area contributed by atoms with Crippen molar-refractivity contribution in [2.75, 3.05) is 58.3 Å². The maximum atomic E-state index is 12.6. The zero-order valence-corrected chi connectivity index (χ0v) is 26.2. The summed E-state index contributed by atoms with van der Waals surface area (Å²) in [7, 11) is 3.82. The van der Waals surface area contributed by atoms with Gasteiger partial charge in [-0.3, -0.25) is 4.90 Å². The molecular formula is C31H45BrFN5O2. The van der Waals surface area contributed by atoms with Crippen LogP contribution in [0.15, 0.2) is 22.7 Å². The lowest BCUT2D eigenvalue weighted by Crippen LogP contribution is -2.46.